The van der Waals surface area contributed by atoms with E-state index in [9.17, 15) is 13.5 Å². The molecule has 6 rings (SSSR count). The topological polar surface area (TPSA) is 99.4 Å². The average molecular weight is 574 g/mol. The van der Waals surface area contributed by atoms with Crippen molar-refractivity contribution in [1.82, 2.24) is 19.0 Å². The van der Waals surface area contributed by atoms with Gasteiger partial charge in [0.15, 0.2) is 0 Å². The number of methoxy groups -OCH3 is 1. The number of sulfonamides is 1. The van der Waals surface area contributed by atoms with Crippen LogP contribution in [-0.2, 0) is 16.6 Å². The number of benzene rings is 1. The SMILES string of the molecule is COc1cc(CO)c(-c2cn3ccc(N4CCC(NCC5CCN(S(=O)(=O)C6CC6)CC5)C4)cc3n2)cc1Cl. The number of hydrogen-bond acceptors (Lipinski definition) is 7. The van der Waals surface area contributed by atoms with Crippen LogP contribution in [0.5, 0.6) is 5.75 Å². The van der Waals surface area contributed by atoms with E-state index < -0.39 is 10.0 Å². The van der Waals surface area contributed by atoms with E-state index in [2.05, 4.69) is 22.3 Å². The summed E-state index contributed by atoms with van der Waals surface area (Å²) < 4.78 is 34.0. The molecule has 4 heterocycles. The van der Waals surface area contributed by atoms with E-state index in [1.54, 1.807) is 23.5 Å². The predicted octanol–water partition coefficient (Wildman–Crippen LogP) is 3.53. The second kappa shape index (κ2) is 10.9. The maximum absolute atomic E-state index is 12.5. The van der Waals surface area contributed by atoms with Crippen LogP contribution in [0.4, 0.5) is 5.69 Å². The van der Waals surface area contributed by atoms with Gasteiger partial charge in [0, 0.05) is 61.9 Å². The van der Waals surface area contributed by atoms with Crippen LogP contribution in [0.3, 0.4) is 0 Å². The van der Waals surface area contributed by atoms with Gasteiger partial charge in [-0.3, -0.25) is 0 Å². The number of aliphatic hydroxyl groups excluding tert-OH is 1. The minimum atomic E-state index is -3.04. The van der Waals surface area contributed by atoms with E-state index in [-0.39, 0.29) is 11.9 Å². The summed E-state index contributed by atoms with van der Waals surface area (Å²) in [6.07, 6.45) is 8.58. The molecular weight excluding hydrogens is 538 g/mol. The number of nitrogens with zero attached hydrogens (tertiary/aromatic N) is 4. The molecule has 3 aliphatic rings. The second-order valence-corrected chi connectivity index (χ2v) is 13.6. The maximum Gasteiger partial charge on any atom is 0.216 e. The highest BCUT2D eigenvalue weighted by molar-refractivity contribution is 7.90. The minimum Gasteiger partial charge on any atom is -0.495 e. The van der Waals surface area contributed by atoms with Crippen molar-refractivity contribution in [2.45, 2.75) is 50.0 Å². The number of rotatable bonds is 9. The third-order valence-corrected chi connectivity index (χ3v) is 11.1. The zero-order valence-corrected chi connectivity index (χ0v) is 23.8. The molecule has 1 atom stereocenters. The molecular formula is C28H36ClN5O4S. The normalized spacial score (nSPS) is 21.2. The quantitative estimate of drug-likeness (QED) is 0.404. The van der Waals surface area contributed by atoms with Gasteiger partial charge >= 0.3 is 0 Å². The van der Waals surface area contributed by atoms with Crippen molar-refractivity contribution < 1.29 is 18.3 Å². The van der Waals surface area contributed by atoms with Gasteiger partial charge in [0.2, 0.25) is 10.0 Å². The third-order valence-electron chi connectivity index (χ3n) is 8.40. The molecule has 0 amide bonds. The molecule has 210 valence electrons. The number of piperidine rings is 1. The van der Waals surface area contributed by atoms with Gasteiger partial charge in [0.25, 0.3) is 0 Å². The first-order chi connectivity index (χ1) is 18.9. The number of halogens is 1. The molecule has 0 spiro atoms. The number of aromatic nitrogens is 2. The molecule has 1 aromatic carbocycles. The fourth-order valence-electron chi connectivity index (χ4n) is 5.86. The van der Waals surface area contributed by atoms with Gasteiger partial charge in [-0.25, -0.2) is 17.7 Å². The van der Waals surface area contributed by atoms with Crippen molar-refractivity contribution in [3.8, 4) is 17.0 Å². The molecule has 3 fully saturated rings. The number of aliphatic hydroxyl groups is 1. The molecule has 0 bridgehead atoms. The van der Waals surface area contributed by atoms with E-state index >= 15 is 0 Å². The molecule has 2 aromatic heterocycles. The summed E-state index contributed by atoms with van der Waals surface area (Å²) >= 11 is 6.37. The number of nitrogens with one attached hydrogen (secondary N) is 1. The Morgan fingerprint density at radius 1 is 1.13 bits per heavy atom. The highest BCUT2D eigenvalue weighted by Crippen LogP contribution is 2.35. The van der Waals surface area contributed by atoms with Crippen LogP contribution < -0.4 is 15.0 Å². The Labute approximate surface area is 234 Å². The molecule has 2 N–H and O–H groups in total. The Balaban J connectivity index is 1.06. The number of hydrogen-bond donors (Lipinski definition) is 2. The number of fused-ring (bicyclic) bond motifs is 1. The fourth-order valence-corrected chi connectivity index (χ4v) is 7.97. The summed E-state index contributed by atoms with van der Waals surface area (Å²) in [7, 11) is -1.49. The first-order valence-electron chi connectivity index (χ1n) is 13.8. The minimum absolute atomic E-state index is 0.108. The largest absolute Gasteiger partial charge is 0.495 e. The van der Waals surface area contributed by atoms with E-state index in [1.807, 2.05) is 16.8 Å². The summed E-state index contributed by atoms with van der Waals surface area (Å²) in [6, 6.07) is 8.18. The van der Waals surface area contributed by atoms with Crippen molar-refractivity contribution in [3.05, 3.63) is 47.2 Å². The highest BCUT2D eigenvalue weighted by atomic mass is 35.5. The summed E-state index contributed by atoms with van der Waals surface area (Å²) in [5, 5.41) is 14.0. The van der Waals surface area contributed by atoms with Crippen molar-refractivity contribution in [3.63, 3.8) is 0 Å². The number of ether oxygens (including phenoxy) is 1. The van der Waals surface area contributed by atoms with Crippen molar-refractivity contribution in [1.29, 1.82) is 0 Å². The Morgan fingerprint density at radius 3 is 2.64 bits per heavy atom. The molecule has 1 aliphatic carbocycles. The van der Waals surface area contributed by atoms with Gasteiger partial charge in [0.1, 0.15) is 11.4 Å². The lowest BCUT2D eigenvalue weighted by Crippen LogP contribution is -2.43. The first-order valence-corrected chi connectivity index (χ1v) is 15.7. The Kier molecular flexibility index (Phi) is 7.49. The van der Waals surface area contributed by atoms with Crippen LogP contribution in [0, 0.1) is 5.92 Å². The average Bonchev–Trinajstić information content (AvgIpc) is 3.57. The van der Waals surface area contributed by atoms with Crippen LogP contribution in [0.2, 0.25) is 5.02 Å². The lowest BCUT2D eigenvalue weighted by atomic mass is 9.98. The van der Waals surface area contributed by atoms with Gasteiger partial charge in [-0.15, -0.1) is 0 Å². The van der Waals surface area contributed by atoms with E-state index in [1.165, 1.54) is 0 Å². The Hall–Kier alpha value is -2.37. The summed E-state index contributed by atoms with van der Waals surface area (Å²) in [6.45, 7) is 4.04. The van der Waals surface area contributed by atoms with Crippen LogP contribution in [0.15, 0.2) is 36.7 Å². The fraction of sp³-hybridized carbons (Fsp3) is 0.536. The van der Waals surface area contributed by atoms with Gasteiger partial charge in [-0.2, -0.15) is 0 Å². The van der Waals surface area contributed by atoms with E-state index in [4.69, 9.17) is 21.3 Å². The lowest BCUT2D eigenvalue weighted by molar-refractivity contribution is 0.262. The van der Waals surface area contributed by atoms with Gasteiger partial charge in [-0.05, 0) is 68.3 Å². The van der Waals surface area contributed by atoms with Crippen LogP contribution in [0.1, 0.15) is 37.7 Å². The Morgan fingerprint density at radius 2 is 1.92 bits per heavy atom. The van der Waals surface area contributed by atoms with E-state index in [0.717, 1.165) is 74.3 Å². The van der Waals surface area contributed by atoms with Gasteiger partial charge in [0.05, 0.1) is 29.7 Å². The highest BCUT2D eigenvalue weighted by Gasteiger charge is 2.41. The maximum atomic E-state index is 12.5. The van der Waals surface area contributed by atoms with E-state index in [0.29, 0.717) is 41.4 Å². The molecule has 2 saturated heterocycles. The smallest absolute Gasteiger partial charge is 0.216 e. The molecule has 39 heavy (non-hydrogen) atoms. The summed E-state index contributed by atoms with van der Waals surface area (Å²) in [5.74, 6) is 1.05. The third kappa shape index (κ3) is 5.50. The predicted molar refractivity (Wildman–Crippen MR) is 153 cm³/mol. The monoisotopic (exact) mass is 573 g/mol. The number of imidazole rings is 1. The van der Waals surface area contributed by atoms with Crippen LogP contribution in [-0.4, -0.2) is 78.3 Å². The molecule has 1 unspecified atom stereocenters. The van der Waals surface area contributed by atoms with Crippen LogP contribution >= 0.6 is 11.6 Å². The number of anilines is 1. The second-order valence-electron chi connectivity index (χ2n) is 11.0. The van der Waals surface area contributed by atoms with Gasteiger partial charge < -0.3 is 24.5 Å². The van der Waals surface area contributed by atoms with Crippen molar-refractivity contribution >= 4 is 33.0 Å². The van der Waals surface area contributed by atoms with Crippen molar-refractivity contribution in [2.24, 2.45) is 5.92 Å². The number of pyridine rings is 1. The standard InChI is InChI=1S/C28H36ClN5O4S/c1-38-27-12-20(18-35)24(14-25(27)29)26-17-33-9-7-22(13-28(33)31-26)32-8-6-21(16-32)30-15-19-4-10-34(11-5-19)39(36,37)23-2-3-23/h7,9,12-14,17,19,21,23,30,35H,2-6,8,10-11,15-16,18H2,1H3. The molecule has 1 saturated carbocycles. The molecule has 9 nitrogen and oxygen atoms in total. The summed E-state index contributed by atoms with van der Waals surface area (Å²) in [4.78, 5) is 7.23. The lowest BCUT2D eigenvalue weighted by Gasteiger charge is -2.32. The zero-order chi connectivity index (χ0) is 27.1. The van der Waals surface area contributed by atoms with Crippen molar-refractivity contribution in [2.75, 3.05) is 44.7 Å². The molecule has 3 aromatic rings. The molecule has 11 heteroatoms. The summed E-state index contributed by atoms with van der Waals surface area (Å²) in [5.41, 5.74) is 4.22. The first kappa shape index (κ1) is 26.8. The molecule has 0 radical (unpaired) electrons. The Bertz CT molecular complexity index is 1450. The van der Waals surface area contributed by atoms with Crippen LogP contribution in [0.25, 0.3) is 16.9 Å². The molecule has 2 aliphatic heterocycles. The van der Waals surface area contributed by atoms with Gasteiger partial charge in [-0.1, -0.05) is 11.6 Å². The zero-order valence-electron chi connectivity index (χ0n) is 22.2.